The quantitative estimate of drug-likeness (QED) is 0.124. The predicted octanol–water partition coefficient (Wildman–Crippen LogP) is 18.5. The molecule has 0 saturated carbocycles. The Morgan fingerprint density at radius 3 is 0.917 bits per heavy atom. The number of fused-ring (bicyclic) bond motifs is 2. The van der Waals surface area contributed by atoms with Crippen molar-refractivity contribution >= 4 is 44.3 Å². The van der Waals surface area contributed by atoms with Gasteiger partial charge in [0.05, 0.1) is 0 Å². The molecule has 0 unspecified atom stereocenters. The molecule has 0 saturated heterocycles. The van der Waals surface area contributed by atoms with Crippen molar-refractivity contribution in [1.29, 1.82) is 0 Å². The van der Waals surface area contributed by atoms with Crippen LogP contribution in [0.15, 0.2) is 142 Å². The third-order valence-corrected chi connectivity index (χ3v) is 6.74. The van der Waals surface area contributed by atoms with Gasteiger partial charge in [0.15, 0.2) is 0 Å². The first kappa shape index (κ1) is 61.4. The van der Waals surface area contributed by atoms with E-state index in [1.54, 1.807) is 48.5 Å². The Bertz CT molecular complexity index is 1830. The fourth-order valence-corrected chi connectivity index (χ4v) is 4.36. The van der Waals surface area contributed by atoms with Gasteiger partial charge >= 0.3 is 0 Å². The van der Waals surface area contributed by atoms with E-state index in [1.165, 1.54) is 44.2 Å². The van der Waals surface area contributed by atoms with Crippen LogP contribution in [0.4, 0.5) is 22.7 Å². The number of rotatable bonds is 6. The number of azo groups is 2. The van der Waals surface area contributed by atoms with Crippen LogP contribution in [-0.2, 0) is 17.4 Å². The van der Waals surface area contributed by atoms with Gasteiger partial charge in [-0.25, -0.2) is 0 Å². The Morgan fingerprint density at radius 1 is 0.350 bits per heavy atom. The maximum Gasteiger partial charge on any atom is 0.143 e. The molecule has 330 valence electrons. The molecule has 4 N–H and O–H groups in total. The van der Waals surface area contributed by atoms with Gasteiger partial charge < -0.3 is 20.4 Å². The van der Waals surface area contributed by atoms with Gasteiger partial charge in [0.2, 0.25) is 0 Å². The first-order chi connectivity index (χ1) is 28.8. The third-order valence-electron chi connectivity index (χ3n) is 6.74. The molecule has 0 aliphatic heterocycles. The second-order valence-electron chi connectivity index (χ2n) is 11.5. The van der Waals surface area contributed by atoms with Crippen LogP contribution in [0.1, 0.15) is 129 Å². The van der Waals surface area contributed by atoms with Crippen molar-refractivity contribution < 1.29 is 37.8 Å². The van der Waals surface area contributed by atoms with E-state index in [9.17, 15) is 20.4 Å². The topological polar surface area (TPSA) is 130 Å². The van der Waals surface area contributed by atoms with Crippen LogP contribution in [-0.4, -0.2) is 20.4 Å². The van der Waals surface area contributed by atoms with E-state index in [1.807, 2.05) is 116 Å². The van der Waals surface area contributed by atoms with E-state index in [4.69, 9.17) is 0 Å². The molecule has 0 aliphatic carbocycles. The molecule has 0 aromatic heterocycles. The van der Waals surface area contributed by atoms with Crippen LogP contribution in [0.3, 0.4) is 0 Å². The Morgan fingerprint density at radius 2 is 0.633 bits per heavy atom. The van der Waals surface area contributed by atoms with Gasteiger partial charge in [0.25, 0.3) is 0 Å². The largest absolute Gasteiger partial charge is 0.506 e. The molecule has 0 atom stereocenters. The Kier molecular flexibility index (Phi) is 42.9. The number of nitrogens with zero attached hydrogens (tertiary/aromatic N) is 4. The standard InChI is InChI=1S/2C16H12N2O2.C5H12.2C3H8.4C2H6.Cr/c2*19-14-8-4-3-7-13(14)17-18-16-12-6-2-1-5-11(12)9-10-15(16)20;1-3-5-4-2;2*1-3-2;4*1-2;/h2*1-10,19-20H;3-5H2,1-2H3;2*3H2,1-2H3;4*1-2H3;. The van der Waals surface area contributed by atoms with Crippen molar-refractivity contribution in [3.8, 4) is 23.0 Å². The summed E-state index contributed by atoms with van der Waals surface area (Å²) in [5, 5.41) is 58.9. The van der Waals surface area contributed by atoms with Gasteiger partial charge in [-0.05, 0) is 47.2 Å². The summed E-state index contributed by atoms with van der Waals surface area (Å²) in [4.78, 5) is 0. The fraction of sp³-hybridized carbons (Fsp3) is 0.373. The molecule has 60 heavy (non-hydrogen) atoms. The molecule has 0 aliphatic rings. The van der Waals surface area contributed by atoms with Gasteiger partial charge in [-0.15, -0.1) is 20.5 Å². The SMILES string of the molecule is CC.CC.CC.CC.CCC.CCC.CCCCC.Oc1ccccc1N=Nc1c(O)ccc2ccccc12.Oc1ccccc1N=Nc1c(O)ccc2ccccc12.[Cr]. The van der Waals surface area contributed by atoms with Gasteiger partial charge in [0.1, 0.15) is 45.7 Å². The molecule has 9 heteroatoms. The van der Waals surface area contributed by atoms with Crippen LogP contribution < -0.4 is 0 Å². The molecular formula is C51H76CrN4O4. The minimum Gasteiger partial charge on any atom is -0.506 e. The summed E-state index contributed by atoms with van der Waals surface area (Å²) in [6, 6.07) is 35.4. The zero-order valence-electron chi connectivity index (χ0n) is 39.1. The van der Waals surface area contributed by atoms with Gasteiger partial charge in [0, 0.05) is 28.1 Å². The van der Waals surface area contributed by atoms with E-state index in [2.05, 4.69) is 62.0 Å². The maximum atomic E-state index is 9.94. The van der Waals surface area contributed by atoms with E-state index in [0.717, 1.165) is 21.5 Å². The number of hydrogen-bond acceptors (Lipinski definition) is 8. The zero-order valence-corrected chi connectivity index (χ0v) is 40.3. The van der Waals surface area contributed by atoms with Crippen molar-refractivity contribution in [1.82, 2.24) is 0 Å². The van der Waals surface area contributed by atoms with E-state index < -0.39 is 0 Å². The fourth-order valence-electron chi connectivity index (χ4n) is 4.36. The predicted molar refractivity (Wildman–Crippen MR) is 258 cm³/mol. The molecule has 0 amide bonds. The molecule has 0 bridgehead atoms. The molecule has 6 aromatic carbocycles. The number of benzene rings is 6. The zero-order chi connectivity index (χ0) is 45.4. The average Bonchev–Trinajstić information content (AvgIpc) is 3.28. The number of aromatic hydroxyl groups is 4. The summed E-state index contributed by atoms with van der Waals surface area (Å²) in [5.74, 6) is 0.220. The summed E-state index contributed by atoms with van der Waals surface area (Å²) in [5.41, 5.74) is 1.51. The van der Waals surface area contributed by atoms with Gasteiger partial charge in [-0.3, -0.25) is 0 Å². The first-order valence-corrected chi connectivity index (χ1v) is 21.6. The van der Waals surface area contributed by atoms with Gasteiger partial charge in [-0.1, -0.05) is 214 Å². The van der Waals surface area contributed by atoms with Crippen LogP contribution in [0.2, 0.25) is 0 Å². The summed E-state index contributed by atoms with van der Waals surface area (Å²) < 4.78 is 0. The Hall–Kier alpha value is -5.23. The van der Waals surface area contributed by atoms with E-state index in [0.29, 0.717) is 22.7 Å². The second-order valence-corrected chi connectivity index (χ2v) is 11.5. The van der Waals surface area contributed by atoms with Crippen LogP contribution in [0.25, 0.3) is 21.5 Å². The maximum absolute atomic E-state index is 9.94. The van der Waals surface area contributed by atoms with Crippen molar-refractivity contribution in [3.63, 3.8) is 0 Å². The van der Waals surface area contributed by atoms with Crippen molar-refractivity contribution in [2.75, 3.05) is 0 Å². The van der Waals surface area contributed by atoms with Crippen LogP contribution in [0.5, 0.6) is 23.0 Å². The number of para-hydroxylation sites is 2. The molecule has 0 fully saturated rings. The summed E-state index contributed by atoms with van der Waals surface area (Å²) in [6.45, 7) is 28.9. The van der Waals surface area contributed by atoms with Crippen molar-refractivity contribution in [3.05, 3.63) is 121 Å². The van der Waals surface area contributed by atoms with E-state index >= 15 is 0 Å². The molecular weight excluding hydrogens is 785 g/mol. The third kappa shape index (κ3) is 24.0. The first-order valence-electron chi connectivity index (χ1n) is 21.6. The summed E-state index contributed by atoms with van der Waals surface area (Å²) in [7, 11) is 0. The minimum absolute atomic E-state index is 0. The second kappa shape index (κ2) is 41.9. The molecule has 0 radical (unpaired) electrons. The monoisotopic (exact) mass is 861 g/mol. The Labute approximate surface area is 374 Å². The molecule has 0 spiro atoms. The number of unbranched alkanes of at least 4 members (excludes halogenated alkanes) is 2. The number of phenolic OH excluding ortho intramolecular Hbond substituents is 4. The molecule has 0 heterocycles. The molecule has 8 nitrogen and oxygen atoms in total. The smallest absolute Gasteiger partial charge is 0.143 e. The van der Waals surface area contributed by atoms with Crippen molar-refractivity contribution in [2.45, 2.75) is 129 Å². The normalized spacial score (nSPS) is 9.17. The van der Waals surface area contributed by atoms with Crippen molar-refractivity contribution in [2.24, 2.45) is 20.5 Å². The van der Waals surface area contributed by atoms with Crippen LogP contribution in [0, 0.1) is 0 Å². The summed E-state index contributed by atoms with van der Waals surface area (Å²) in [6.07, 6.45) is 6.58. The Balaban J connectivity index is -0.000000367. The molecule has 6 rings (SSSR count). The summed E-state index contributed by atoms with van der Waals surface area (Å²) >= 11 is 0. The van der Waals surface area contributed by atoms with E-state index in [-0.39, 0.29) is 40.4 Å². The number of hydrogen-bond donors (Lipinski definition) is 4. The molecule has 6 aromatic rings. The minimum atomic E-state index is 0. The average molecular weight is 861 g/mol. The van der Waals surface area contributed by atoms with Crippen LogP contribution >= 0.6 is 0 Å². The van der Waals surface area contributed by atoms with Gasteiger partial charge in [-0.2, -0.15) is 0 Å². The number of phenols is 4.